The topological polar surface area (TPSA) is 27.7 Å². The van der Waals surface area contributed by atoms with E-state index in [0.717, 1.165) is 25.9 Å². The van der Waals surface area contributed by atoms with Crippen molar-refractivity contribution in [3.05, 3.63) is 28.2 Å². The maximum absolute atomic E-state index is 6.13. The molecule has 2 aliphatic rings. The van der Waals surface area contributed by atoms with Gasteiger partial charge in [-0.1, -0.05) is 23.2 Å². The molecule has 2 aliphatic heterocycles. The monoisotopic (exact) mass is 302 g/mol. The first kappa shape index (κ1) is 13.5. The van der Waals surface area contributed by atoms with Crippen LogP contribution in [0.1, 0.15) is 19.3 Å². The van der Waals surface area contributed by atoms with Crippen LogP contribution in [0.25, 0.3) is 0 Å². The zero-order chi connectivity index (χ0) is 13.3. The summed E-state index contributed by atoms with van der Waals surface area (Å²) in [4.78, 5) is 0. The van der Waals surface area contributed by atoms with E-state index >= 15 is 0 Å². The Morgan fingerprint density at radius 2 is 2.16 bits per heavy atom. The van der Waals surface area contributed by atoms with Gasteiger partial charge in [-0.2, -0.15) is 0 Å². The summed E-state index contributed by atoms with van der Waals surface area (Å²) in [6.45, 7) is 2.13. The lowest BCUT2D eigenvalue weighted by molar-refractivity contribution is -0.112. The smallest absolute Gasteiger partial charge is 0.139 e. The molecule has 0 N–H and O–H groups in total. The first-order valence-corrected chi connectivity index (χ1v) is 7.26. The summed E-state index contributed by atoms with van der Waals surface area (Å²) in [5.74, 6) is 0.648. The highest BCUT2D eigenvalue weighted by Crippen LogP contribution is 2.36. The highest BCUT2D eigenvalue weighted by atomic mass is 35.5. The van der Waals surface area contributed by atoms with E-state index in [2.05, 4.69) is 0 Å². The lowest BCUT2D eigenvalue weighted by atomic mass is 9.91. The van der Waals surface area contributed by atoms with Crippen LogP contribution in [0.4, 0.5) is 0 Å². The summed E-state index contributed by atoms with van der Waals surface area (Å²) in [6, 6.07) is 5.28. The molecule has 1 aromatic rings. The largest absolute Gasteiger partial charge is 0.489 e. The number of halogens is 2. The molecule has 1 aromatic carbocycles. The molecule has 0 bridgehead atoms. The van der Waals surface area contributed by atoms with E-state index in [1.54, 1.807) is 18.2 Å². The Hall–Kier alpha value is -0.480. The first-order valence-electron chi connectivity index (χ1n) is 6.50. The second-order valence-electron chi connectivity index (χ2n) is 5.14. The van der Waals surface area contributed by atoms with E-state index in [4.69, 9.17) is 37.4 Å². The minimum atomic E-state index is -0.159. The van der Waals surface area contributed by atoms with Crippen LogP contribution >= 0.6 is 23.2 Å². The molecule has 0 aromatic heterocycles. The van der Waals surface area contributed by atoms with Crippen molar-refractivity contribution in [1.29, 1.82) is 0 Å². The number of ether oxygens (including phenoxy) is 3. The van der Waals surface area contributed by atoms with Gasteiger partial charge in [0.05, 0.1) is 23.8 Å². The molecule has 2 atom stereocenters. The molecular weight excluding hydrogens is 287 g/mol. The average Bonchev–Trinajstić information content (AvgIpc) is 2.82. The van der Waals surface area contributed by atoms with Gasteiger partial charge in [-0.15, -0.1) is 0 Å². The first-order chi connectivity index (χ1) is 9.17. The van der Waals surface area contributed by atoms with E-state index in [1.807, 2.05) is 0 Å². The maximum Gasteiger partial charge on any atom is 0.139 e. The standard InChI is InChI=1S/C14H16Cl2O3/c15-10-1-2-12(16)13(7-10)19-11-3-5-18-14(8-11)4-6-17-9-14/h1-2,7,11H,3-6,8-9H2. The molecule has 1 spiro atoms. The second kappa shape index (κ2) is 5.49. The van der Waals surface area contributed by atoms with Gasteiger partial charge in [0.2, 0.25) is 0 Å². The van der Waals surface area contributed by atoms with E-state index in [-0.39, 0.29) is 11.7 Å². The van der Waals surface area contributed by atoms with E-state index in [0.29, 0.717) is 29.0 Å². The Kier molecular flexibility index (Phi) is 3.90. The summed E-state index contributed by atoms with van der Waals surface area (Å²) >= 11 is 12.1. The molecule has 104 valence electrons. The highest BCUT2D eigenvalue weighted by Gasteiger charge is 2.41. The number of benzene rings is 1. The third kappa shape index (κ3) is 3.00. The summed E-state index contributed by atoms with van der Waals surface area (Å²) in [7, 11) is 0. The molecule has 19 heavy (non-hydrogen) atoms. The van der Waals surface area contributed by atoms with Crippen molar-refractivity contribution < 1.29 is 14.2 Å². The van der Waals surface area contributed by atoms with E-state index in [9.17, 15) is 0 Å². The average molecular weight is 303 g/mol. The zero-order valence-corrected chi connectivity index (χ0v) is 12.0. The molecule has 2 heterocycles. The van der Waals surface area contributed by atoms with Gasteiger partial charge in [-0.25, -0.2) is 0 Å². The van der Waals surface area contributed by atoms with Crippen LogP contribution in [0.15, 0.2) is 18.2 Å². The Morgan fingerprint density at radius 1 is 1.26 bits per heavy atom. The van der Waals surface area contributed by atoms with Crippen LogP contribution in [0.2, 0.25) is 10.0 Å². The third-order valence-corrected chi connectivity index (χ3v) is 4.25. The number of rotatable bonds is 2. The third-order valence-electron chi connectivity index (χ3n) is 3.70. The Labute approximate surface area is 122 Å². The number of hydrogen-bond acceptors (Lipinski definition) is 3. The lowest BCUT2D eigenvalue weighted by Crippen LogP contribution is -2.44. The molecule has 2 saturated heterocycles. The van der Waals surface area contributed by atoms with Crippen molar-refractivity contribution in [1.82, 2.24) is 0 Å². The van der Waals surface area contributed by atoms with Crippen LogP contribution in [-0.2, 0) is 9.47 Å². The Bertz CT molecular complexity index is 458. The molecule has 2 unspecified atom stereocenters. The molecular formula is C14H16Cl2O3. The van der Waals surface area contributed by atoms with Crippen molar-refractivity contribution in [2.75, 3.05) is 19.8 Å². The fraction of sp³-hybridized carbons (Fsp3) is 0.571. The van der Waals surface area contributed by atoms with Gasteiger partial charge >= 0.3 is 0 Å². The fourth-order valence-corrected chi connectivity index (χ4v) is 3.02. The van der Waals surface area contributed by atoms with Crippen molar-refractivity contribution >= 4 is 23.2 Å². The molecule has 5 heteroatoms. The summed E-state index contributed by atoms with van der Waals surface area (Å²) in [5, 5.41) is 1.22. The number of hydrogen-bond donors (Lipinski definition) is 0. The van der Waals surface area contributed by atoms with Gasteiger partial charge in [0, 0.05) is 37.0 Å². The predicted molar refractivity (Wildman–Crippen MR) is 74.2 cm³/mol. The van der Waals surface area contributed by atoms with Gasteiger partial charge in [0.1, 0.15) is 11.9 Å². The molecule has 0 saturated carbocycles. The van der Waals surface area contributed by atoms with Crippen molar-refractivity contribution in [2.45, 2.75) is 31.0 Å². The van der Waals surface area contributed by atoms with Gasteiger partial charge in [-0.05, 0) is 12.1 Å². The molecule has 3 rings (SSSR count). The summed E-state index contributed by atoms with van der Waals surface area (Å²) < 4.78 is 17.3. The lowest BCUT2D eigenvalue weighted by Gasteiger charge is -2.37. The quantitative estimate of drug-likeness (QED) is 0.833. The van der Waals surface area contributed by atoms with Crippen LogP contribution in [0.3, 0.4) is 0 Å². The van der Waals surface area contributed by atoms with Crippen LogP contribution < -0.4 is 4.74 Å². The van der Waals surface area contributed by atoms with Gasteiger partial charge in [0.15, 0.2) is 0 Å². The molecule has 0 aliphatic carbocycles. The van der Waals surface area contributed by atoms with E-state index in [1.165, 1.54) is 0 Å². The summed E-state index contributed by atoms with van der Waals surface area (Å²) in [6.07, 6.45) is 2.75. The second-order valence-corrected chi connectivity index (χ2v) is 5.99. The van der Waals surface area contributed by atoms with E-state index < -0.39 is 0 Å². The van der Waals surface area contributed by atoms with Crippen molar-refractivity contribution in [3.63, 3.8) is 0 Å². The van der Waals surface area contributed by atoms with Crippen LogP contribution in [-0.4, -0.2) is 31.5 Å². The Balaban J connectivity index is 1.70. The normalized spacial score (nSPS) is 30.7. The predicted octanol–water partition coefficient (Wildman–Crippen LogP) is 3.71. The van der Waals surface area contributed by atoms with Crippen molar-refractivity contribution in [2.24, 2.45) is 0 Å². The van der Waals surface area contributed by atoms with Gasteiger partial charge < -0.3 is 14.2 Å². The maximum atomic E-state index is 6.13. The SMILES string of the molecule is Clc1ccc(Cl)c(OC2CCOC3(CCOC3)C2)c1. The molecule has 0 radical (unpaired) electrons. The van der Waals surface area contributed by atoms with Crippen LogP contribution in [0.5, 0.6) is 5.75 Å². The Morgan fingerprint density at radius 3 is 2.95 bits per heavy atom. The minimum Gasteiger partial charge on any atom is -0.489 e. The minimum absolute atomic E-state index is 0.103. The molecule has 2 fully saturated rings. The van der Waals surface area contributed by atoms with Gasteiger partial charge in [-0.3, -0.25) is 0 Å². The molecule has 3 nitrogen and oxygen atoms in total. The van der Waals surface area contributed by atoms with Gasteiger partial charge in [0.25, 0.3) is 0 Å². The van der Waals surface area contributed by atoms with Crippen molar-refractivity contribution in [3.8, 4) is 5.75 Å². The molecule has 0 amide bonds. The van der Waals surface area contributed by atoms with Crippen LogP contribution in [0, 0.1) is 0 Å². The fourth-order valence-electron chi connectivity index (χ4n) is 2.69. The zero-order valence-electron chi connectivity index (χ0n) is 10.5. The highest BCUT2D eigenvalue weighted by molar-refractivity contribution is 6.34. The summed E-state index contributed by atoms with van der Waals surface area (Å²) in [5.41, 5.74) is -0.159.